The van der Waals surface area contributed by atoms with Gasteiger partial charge in [-0.1, -0.05) is 43.0 Å². The van der Waals surface area contributed by atoms with Crippen LogP contribution in [0.2, 0.25) is 0 Å². The smallest absolute Gasteiger partial charge is 0.264 e. The van der Waals surface area contributed by atoms with Gasteiger partial charge in [-0.05, 0) is 74.9 Å². The molecule has 1 fully saturated rings. The van der Waals surface area contributed by atoms with Crippen molar-refractivity contribution in [2.75, 3.05) is 16.6 Å². The number of hydrogen-bond acceptors (Lipinski definition) is 6. The van der Waals surface area contributed by atoms with Gasteiger partial charge in [0.25, 0.3) is 15.9 Å². The number of amides is 1. The summed E-state index contributed by atoms with van der Waals surface area (Å²) in [5, 5.41) is 0.556. The third-order valence-electron chi connectivity index (χ3n) is 6.17. The SMILES string of the molecule is CC[C@H]1CSC(=Nc2ccc(C(C)=O)cc2)N1C(=O)c1cccc(S(=O)(=O)N(CC)c2ccccc2)c1. The number of sulfonamides is 1. The number of nitrogens with zero attached hydrogens (tertiary/aromatic N) is 3. The lowest BCUT2D eigenvalue weighted by molar-refractivity contribution is 0.0818. The molecule has 0 spiro atoms. The van der Waals surface area contributed by atoms with E-state index in [4.69, 9.17) is 0 Å². The first kappa shape index (κ1) is 26.6. The van der Waals surface area contributed by atoms with Gasteiger partial charge >= 0.3 is 0 Å². The molecule has 37 heavy (non-hydrogen) atoms. The minimum Gasteiger partial charge on any atom is -0.295 e. The van der Waals surface area contributed by atoms with E-state index in [9.17, 15) is 18.0 Å². The zero-order chi connectivity index (χ0) is 26.6. The lowest BCUT2D eigenvalue weighted by atomic mass is 10.1. The Morgan fingerprint density at radius 1 is 0.973 bits per heavy atom. The normalized spacial score (nSPS) is 16.7. The van der Waals surface area contributed by atoms with E-state index in [0.29, 0.717) is 27.9 Å². The molecule has 0 aromatic heterocycles. The average Bonchev–Trinajstić information content (AvgIpc) is 3.32. The molecule has 0 saturated carbocycles. The maximum absolute atomic E-state index is 13.7. The van der Waals surface area contributed by atoms with Crippen molar-refractivity contribution < 1.29 is 18.0 Å². The first-order valence-corrected chi connectivity index (χ1v) is 14.5. The van der Waals surface area contributed by atoms with Crippen LogP contribution < -0.4 is 4.31 Å². The summed E-state index contributed by atoms with van der Waals surface area (Å²) in [6, 6.07) is 22.0. The number of benzene rings is 3. The van der Waals surface area contributed by atoms with Gasteiger partial charge in [0.05, 0.1) is 16.3 Å². The van der Waals surface area contributed by atoms with Crippen molar-refractivity contribution in [2.24, 2.45) is 4.99 Å². The van der Waals surface area contributed by atoms with Crippen LogP contribution in [0.5, 0.6) is 0 Å². The third kappa shape index (κ3) is 5.62. The second kappa shape index (κ2) is 11.3. The first-order chi connectivity index (χ1) is 17.8. The number of rotatable bonds is 8. The largest absolute Gasteiger partial charge is 0.295 e. The summed E-state index contributed by atoms with van der Waals surface area (Å²) in [7, 11) is -3.88. The van der Waals surface area contributed by atoms with E-state index < -0.39 is 10.0 Å². The zero-order valence-electron chi connectivity index (χ0n) is 21.0. The van der Waals surface area contributed by atoms with Gasteiger partial charge in [0.1, 0.15) is 0 Å². The summed E-state index contributed by atoms with van der Waals surface area (Å²) in [6.07, 6.45) is 0.733. The van der Waals surface area contributed by atoms with Crippen molar-refractivity contribution in [1.82, 2.24) is 4.90 Å². The van der Waals surface area contributed by atoms with Crippen LogP contribution in [0.4, 0.5) is 11.4 Å². The molecule has 1 saturated heterocycles. The highest BCUT2D eigenvalue weighted by Gasteiger charge is 2.35. The predicted octanol–water partition coefficient (Wildman–Crippen LogP) is 5.76. The van der Waals surface area contributed by atoms with Gasteiger partial charge in [0.2, 0.25) is 0 Å². The van der Waals surface area contributed by atoms with Gasteiger partial charge in [0, 0.05) is 29.5 Å². The van der Waals surface area contributed by atoms with E-state index in [1.54, 1.807) is 72.5 Å². The first-order valence-electron chi connectivity index (χ1n) is 12.1. The molecule has 1 heterocycles. The Labute approximate surface area is 222 Å². The molecule has 1 atom stereocenters. The van der Waals surface area contributed by atoms with Crippen LogP contribution in [0.3, 0.4) is 0 Å². The van der Waals surface area contributed by atoms with E-state index in [0.717, 1.165) is 6.42 Å². The molecular formula is C28H29N3O4S2. The van der Waals surface area contributed by atoms with E-state index in [1.165, 1.54) is 35.1 Å². The second-order valence-corrected chi connectivity index (χ2v) is 11.4. The number of hydrogen-bond donors (Lipinski definition) is 0. The Morgan fingerprint density at radius 2 is 1.68 bits per heavy atom. The topological polar surface area (TPSA) is 87.1 Å². The fourth-order valence-corrected chi connectivity index (χ4v) is 6.92. The fraction of sp³-hybridized carbons (Fsp3) is 0.250. The van der Waals surface area contributed by atoms with Crippen molar-refractivity contribution in [2.45, 2.75) is 38.1 Å². The summed E-state index contributed by atoms with van der Waals surface area (Å²) in [5.41, 5.74) is 2.08. The maximum atomic E-state index is 13.7. The number of thioether (sulfide) groups is 1. The Morgan fingerprint density at radius 3 is 2.30 bits per heavy atom. The molecule has 1 aliphatic rings. The van der Waals surface area contributed by atoms with Crippen molar-refractivity contribution in [3.8, 4) is 0 Å². The number of Topliss-reactive ketones (excluding diaryl/α,β-unsaturated/α-hetero) is 1. The molecule has 0 N–H and O–H groups in total. The van der Waals surface area contributed by atoms with Gasteiger partial charge in [-0.3, -0.25) is 18.8 Å². The molecule has 192 valence electrons. The van der Waals surface area contributed by atoms with Crippen molar-refractivity contribution in [3.63, 3.8) is 0 Å². The van der Waals surface area contributed by atoms with Gasteiger partial charge < -0.3 is 0 Å². The molecule has 0 unspecified atom stereocenters. The monoisotopic (exact) mass is 535 g/mol. The highest BCUT2D eigenvalue weighted by atomic mass is 32.2. The molecule has 9 heteroatoms. The second-order valence-electron chi connectivity index (χ2n) is 8.58. The Kier molecular flexibility index (Phi) is 8.14. The van der Waals surface area contributed by atoms with Crippen molar-refractivity contribution in [3.05, 3.63) is 90.0 Å². The van der Waals surface area contributed by atoms with Gasteiger partial charge in [-0.15, -0.1) is 0 Å². The van der Waals surface area contributed by atoms with E-state index in [-0.39, 0.29) is 34.7 Å². The number of para-hydroxylation sites is 1. The number of anilines is 1. The number of carbonyl (C=O) groups is 2. The van der Waals surface area contributed by atoms with Crippen LogP contribution in [0, 0.1) is 0 Å². The molecule has 0 radical (unpaired) electrons. The quantitative estimate of drug-likeness (QED) is 0.342. The van der Waals surface area contributed by atoms with Gasteiger partial charge in [-0.2, -0.15) is 0 Å². The predicted molar refractivity (Wildman–Crippen MR) is 149 cm³/mol. The molecule has 3 aromatic carbocycles. The summed E-state index contributed by atoms with van der Waals surface area (Å²) >= 11 is 1.49. The zero-order valence-corrected chi connectivity index (χ0v) is 22.6. The Bertz CT molecular complexity index is 1420. The van der Waals surface area contributed by atoms with Crippen molar-refractivity contribution >= 4 is 50.0 Å². The third-order valence-corrected chi connectivity index (χ3v) is 9.16. The number of amidine groups is 1. The molecule has 7 nitrogen and oxygen atoms in total. The fourth-order valence-electron chi connectivity index (χ4n) is 4.13. The molecule has 0 aliphatic carbocycles. The van der Waals surface area contributed by atoms with Crippen LogP contribution in [-0.2, 0) is 10.0 Å². The summed E-state index contributed by atoms with van der Waals surface area (Å²) in [5.74, 6) is 0.374. The number of aliphatic imine (C=N–C) groups is 1. The van der Waals surface area contributed by atoms with E-state index >= 15 is 0 Å². The summed E-state index contributed by atoms with van der Waals surface area (Å²) < 4.78 is 28.3. The highest BCUT2D eigenvalue weighted by Crippen LogP contribution is 2.31. The number of carbonyl (C=O) groups excluding carboxylic acids is 2. The standard InChI is InChI=1S/C28H29N3O4S2/c1-4-24-19-36-28(29-23-16-14-21(15-17-23)20(3)32)31(24)27(33)22-10-9-13-26(18-22)37(34,35)30(5-2)25-11-7-6-8-12-25/h6-18,24H,4-5,19H2,1-3H3/t24-/m0/s1. The lowest BCUT2D eigenvalue weighted by Gasteiger charge is -2.25. The maximum Gasteiger partial charge on any atom is 0.264 e. The minimum atomic E-state index is -3.88. The van der Waals surface area contributed by atoms with E-state index in [1.807, 2.05) is 13.0 Å². The average molecular weight is 536 g/mol. The van der Waals surface area contributed by atoms with E-state index in [2.05, 4.69) is 4.99 Å². The highest BCUT2D eigenvalue weighted by molar-refractivity contribution is 8.14. The molecule has 1 aliphatic heterocycles. The summed E-state index contributed by atoms with van der Waals surface area (Å²) in [6.45, 7) is 5.55. The van der Waals surface area contributed by atoms with Gasteiger partial charge in [0.15, 0.2) is 11.0 Å². The molecule has 0 bridgehead atoms. The van der Waals surface area contributed by atoms with Gasteiger partial charge in [-0.25, -0.2) is 13.4 Å². The number of ketones is 1. The lowest BCUT2D eigenvalue weighted by Crippen LogP contribution is -2.39. The molecule has 1 amide bonds. The van der Waals surface area contributed by atoms with Crippen LogP contribution in [-0.4, -0.2) is 48.5 Å². The molecule has 3 aromatic rings. The molecular weight excluding hydrogens is 506 g/mol. The van der Waals surface area contributed by atoms with Crippen LogP contribution in [0.15, 0.2) is 88.8 Å². The Balaban J connectivity index is 1.67. The summed E-state index contributed by atoms with van der Waals surface area (Å²) in [4.78, 5) is 31.7. The van der Waals surface area contributed by atoms with Crippen LogP contribution >= 0.6 is 11.8 Å². The van der Waals surface area contributed by atoms with Crippen molar-refractivity contribution in [1.29, 1.82) is 0 Å². The van der Waals surface area contributed by atoms with Crippen LogP contribution in [0.1, 0.15) is 47.9 Å². The van der Waals surface area contributed by atoms with Crippen LogP contribution in [0.25, 0.3) is 0 Å². The minimum absolute atomic E-state index is 0.0268. The Hall–Kier alpha value is -3.43. The molecule has 4 rings (SSSR count).